The van der Waals surface area contributed by atoms with Crippen molar-refractivity contribution in [1.82, 2.24) is 10.2 Å². The van der Waals surface area contributed by atoms with E-state index >= 15 is 0 Å². The number of carbonyl (C=O) groups excluding carboxylic acids is 3. The fourth-order valence-corrected chi connectivity index (χ4v) is 2.23. The van der Waals surface area contributed by atoms with Crippen molar-refractivity contribution in [3.05, 3.63) is 65.1 Å². The van der Waals surface area contributed by atoms with E-state index in [1.54, 1.807) is 24.3 Å². The number of aryl methyl sites for hydroxylation is 1. The maximum atomic E-state index is 12.5. The molecular formula is C17H14N2O4. The van der Waals surface area contributed by atoms with Crippen molar-refractivity contribution in [3.8, 4) is 0 Å². The van der Waals surface area contributed by atoms with E-state index in [-0.39, 0.29) is 12.1 Å². The Bertz CT molecular complexity index is 789. The van der Waals surface area contributed by atoms with E-state index in [4.69, 9.17) is 4.42 Å². The summed E-state index contributed by atoms with van der Waals surface area (Å²) >= 11 is 0. The molecule has 3 rings (SSSR count). The topological polar surface area (TPSA) is 79.6 Å². The molecule has 0 unspecified atom stereocenters. The summed E-state index contributed by atoms with van der Waals surface area (Å²) in [6.45, 7) is 1.91. The van der Waals surface area contributed by atoms with Crippen LogP contribution in [-0.2, 0) is 16.1 Å². The first kappa shape index (κ1) is 14.8. The third-order valence-corrected chi connectivity index (χ3v) is 3.47. The van der Waals surface area contributed by atoms with Crippen LogP contribution in [0.3, 0.4) is 0 Å². The molecule has 1 aromatic carbocycles. The summed E-state index contributed by atoms with van der Waals surface area (Å²) in [4.78, 5) is 37.3. The maximum Gasteiger partial charge on any atom is 0.331 e. The van der Waals surface area contributed by atoms with Crippen LogP contribution in [0.25, 0.3) is 6.08 Å². The monoisotopic (exact) mass is 310 g/mol. The molecule has 1 aliphatic rings. The summed E-state index contributed by atoms with van der Waals surface area (Å²) in [5.74, 6) is -0.885. The number of amides is 4. The number of carbonyl (C=O) groups is 3. The first-order valence-electron chi connectivity index (χ1n) is 7.02. The van der Waals surface area contributed by atoms with Gasteiger partial charge < -0.3 is 4.42 Å². The van der Waals surface area contributed by atoms with Gasteiger partial charge in [0.2, 0.25) is 0 Å². The van der Waals surface area contributed by atoms with Gasteiger partial charge in [0.1, 0.15) is 11.3 Å². The molecule has 2 aromatic rings. The molecule has 1 aliphatic heterocycles. The highest BCUT2D eigenvalue weighted by atomic mass is 16.3. The number of rotatable bonds is 3. The smallest absolute Gasteiger partial charge is 0.331 e. The number of nitrogens with one attached hydrogen (secondary N) is 1. The lowest BCUT2D eigenvalue weighted by molar-refractivity contribution is -0.130. The zero-order chi connectivity index (χ0) is 16.4. The van der Waals surface area contributed by atoms with Crippen LogP contribution in [-0.4, -0.2) is 22.7 Å². The van der Waals surface area contributed by atoms with Crippen LogP contribution in [0.5, 0.6) is 0 Å². The van der Waals surface area contributed by atoms with Crippen LogP contribution in [0.1, 0.15) is 16.9 Å². The van der Waals surface area contributed by atoms with Crippen molar-refractivity contribution in [2.75, 3.05) is 0 Å². The van der Waals surface area contributed by atoms with Gasteiger partial charge in [0.25, 0.3) is 11.8 Å². The predicted octanol–water partition coefficient (Wildman–Crippen LogP) is 2.25. The number of hydrogen-bond donors (Lipinski definition) is 1. The maximum absolute atomic E-state index is 12.5. The molecule has 0 spiro atoms. The van der Waals surface area contributed by atoms with Gasteiger partial charge >= 0.3 is 6.03 Å². The van der Waals surface area contributed by atoms with E-state index < -0.39 is 17.8 Å². The van der Waals surface area contributed by atoms with E-state index in [2.05, 4.69) is 5.32 Å². The van der Waals surface area contributed by atoms with E-state index in [1.807, 2.05) is 19.1 Å². The lowest BCUT2D eigenvalue weighted by Gasteiger charge is -2.25. The minimum absolute atomic E-state index is 0.0316. The molecule has 0 atom stereocenters. The van der Waals surface area contributed by atoms with E-state index in [0.717, 1.165) is 10.5 Å². The second-order valence-electron chi connectivity index (χ2n) is 5.20. The number of urea groups is 1. The standard InChI is InChI=1S/C17H14N2O4/c1-11-4-6-12(7-5-11)9-14-15(20)18-17(22)19(16(14)21)10-13-3-2-8-23-13/h2-9H,10H2,1H3,(H,18,20,22)/b14-9+. The Labute approximate surface area is 132 Å². The Morgan fingerprint density at radius 2 is 1.87 bits per heavy atom. The third kappa shape index (κ3) is 3.06. The average Bonchev–Trinajstić information content (AvgIpc) is 3.03. The molecule has 4 amide bonds. The number of nitrogens with zero attached hydrogens (tertiary/aromatic N) is 1. The van der Waals surface area contributed by atoms with Crippen molar-refractivity contribution in [2.24, 2.45) is 0 Å². The quantitative estimate of drug-likeness (QED) is 0.696. The summed E-state index contributed by atoms with van der Waals surface area (Å²) in [5, 5.41) is 2.17. The lowest BCUT2D eigenvalue weighted by Crippen LogP contribution is -2.53. The number of furan rings is 1. The van der Waals surface area contributed by atoms with Gasteiger partial charge in [-0.3, -0.25) is 19.8 Å². The van der Waals surface area contributed by atoms with Crippen molar-refractivity contribution in [3.63, 3.8) is 0 Å². The van der Waals surface area contributed by atoms with Gasteiger partial charge in [-0.15, -0.1) is 0 Å². The van der Waals surface area contributed by atoms with Crippen molar-refractivity contribution >= 4 is 23.9 Å². The zero-order valence-electron chi connectivity index (χ0n) is 12.4. The summed E-state index contributed by atoms with van der Waals surface area (Å²) < 4.78 is 5.15. The Morgan fingerprint density at radius 3 is 2.52 bits per heavy atom. The highest BCUT2D eigenvalue weighted by Crippen LogP contribution is 2.17. The van der Waals surface area contributed by atoms with Crippen LogP contribution in [0.4, 0.5) is 4.79 Å². The second kappa shape index (κ2) is 5.92. The Kier molecular flexibility index (Phi) is 3.80. The van der Waals surface area contributed by atoms with Crippen LogP contribution in [0.15, 0.2) is 52.7 Å². The summed E-state index contributed by atoms with van der Waals surface area (Å²) in [5.41, 5.74) is 1.70. The zero-order valence-corrected chi connectivity index (χ0v) is 12.4. The fourth-order valence-electron chi connectivity index (χ4n) is 2.23. The second-order valence-corrected chi connectivity index (χ2v) is 5.20. The highest BCUT2D eigenvalue weighted by Gasteiger charge is 2.36. The van der Waals surface area contributed by atoms with Crippen LogP contribution in [0.2, 0.25) is 0 Å². The van der Waals surface area contributed by atoms with Crippen LogP contribution >= 0.6 is 0 Å². The molecule has 0 aliphatic carbocycles. The minimum atomic E-state index is -0.752. The van der Waals surface area contributed by atoms with Crippen LogP contribution in [0, 0.1) is 6.92 Å². The molecule has 1 N–H and O–H groups in total. The van der Waals surface area contributed by atoms with Gasteiger partial charge in [0.15, 0.2) is 0 Å². The Hall–Kier alpha value is -3.15. The lowest BCUT2D eigenvalue weighted by atomic mass is 10.1. The normalized spacial score (nSPS) is 16.8. The summed E-state index contributed by atoms with van der Waals surface area (Å²) in [7, 11) is 0. The first-order valence-corrected chi connectivity index (χ1v) is 7.02. The van der Waals surface area contributed by atoms with E-state index in [1.165, 1.54) is 12.3 Å². The Balaban J connectivity index is 1.90. The molecule has 2 heterocycles. The number of barbiturate groups is 1. The Morgan fingerprint density at radius 1 is 1.13 bits per heavy atom. The molecule has 0 radical (unpaired) electrons. The molecule has 1 aromatic heterocycles. The van der Waals surface area contributed by atoms with Gasteiger partial charge in [0.05, 0.1) is 12.8 Å². The summed E-state index contributed by atoms with van der Waals surface area (Å²) in [6.07, 6.45) is 2.93. The average molecular weight is 310 g/mol. The van der Waals surface area contributed by atoms with Crippen molar-refractivity contribution < 1.29 is 18.8 Å². The van der Waals surface area contributed by atoms with Gasteiger partial charge in [-0.2, -0.15) is 0 Å². The number of benzene rings is 1. The van der Waals surface area contributed by atoms with Crippen molar-refractivity contribution in [1.29, 1.82) is 0 Å². The van der Waals surface area contributed by atoms with Gasteiger partial charge in [0, 0.05) is 0 Å². The number of hydrogen-bond acceptors (Lipinski definition) is 4. The van der Waals surface area contributed by atoms with Gasteiger partial charge in [-0.25, -0.2) is 4.79 Å². The molecular weight excluding hydrogens is 296 g/mol. The van der Waals surface area contributed by atoms with Gasteiger partial charge in [-0.05, 0) is 30.7 Å². The molecule has 6 heteroatoms. The van der Waals surface area contributed by atoms with Crippen LogP contribution < -0.4 is 5.32 Å². The third-order valence-electron chi connectivity index (χ3n) is 3.47. The molecule has 6 nitrogen and oxygen atoms in total. The highest BCUT2D eigenvalue weighted by molar-refractivity contribution is 6.30. The van der Waals surface area contributed by atoms with E-state index in [0.29, 0.717) is 11.3 Å². The largest absolute Gasteiger partial charge is 0.467 e. The van der Waals surface area contributed by atoms with Crippen molar-refractivity contribution in [2.45, 2.75) is 13.5 Å². The molecule has 0 bridgehead atoms. The number of imide groups is 2. The molecule has 0 saturated carbocycles. The van der Waals surface area contributed by atoms with E-state index in [9.17, 15) is 14.4 Å². The minimum Gasteiger partial charge on any atom is -0.467 e. The first-order chi connectivity index (χ1) is 11.0. The predicted molar refractivity (Wildman–Crippen MR) is 82.0 cm³/mol. The molecule has 23 heavy (non-hydrogen) atoms. The molecule has 1 fully saturated rings. The summed E-state index contributed by atoms with van der Waals surface area (Å²) in [6, 6.07) is 9.92. The SMILES string of the molecule is Cc1ccc(/C=C2\C(=O)NC(=O)N(Cc3ccco3)C2=O)cc1. The fraction of sp³-hybridized carbons (Fsp3) is 0.118. The van der Waals surface area contributed by atoms with Gasteiger partial charge in [-0.1, -0.05) is 29.8 Å². The molecule has 116 valence electrons. The molecule has 1 saturated heterocycles.